The third kappa shape index (κ3) is 2.10. The third-order valence-corrected chi connectivity index (χ3v) is 2.26. The Kier molecular flexibility index (Phi) is 2.74. The summed E-state index contributed by atoms with van der Waals surface area (Å²) in [5.74, 6) is 1.16. The summed E-state index contributed by atoms with van der Waals surface area (Å²) in [5.41, 5.74) is 0. The van der Waals surface area contributed by atoms with E-state index in [4.69, 9.17) is 5.41 Å². The van der Waals surface area contributed by atoms with Crippen LogP contribution in [0.3, 0.4) is 0 Å². The molecule has 0 amide bonds. The Bertz CT molecular complexity index is 144. The molecule has 0 radical (unpaired) electrons. The number of hydrogen-bond acceptors (Lipinski definition) is 1. The Morgan fingerprint density at radius 1 is 1.73 bits per heavy atom. The van der Waals surface area contributed by atoms with Gasteiger partial charge >= 0.3 is 0 Å². The van der Waals surface area contributed by atoms with Crippen molar-refractivity contribution >= 4 is 5.96 Å². The molecule has 3 nitrogen and oxygen atoms in total. The van der Waals surface area contributed by atoms with Gasteiger partial charge in [-0.1, -0.05) is 20.3 Å². The molecule has 1 saturated heterocycles. The topological polar surface area (TPSA) is 47.9 Å². The number of rotatable bonds is 3. The second-order valence-corrected chi connectivity index (χ2v) is 3.27. The van der Waals surface area contributed by atoms with Gasteiger partial charge in [0.25, 0.3) is 0 Å². The molecule has 11 heavy (non-hydrogen) atoms. The fourth-order valence-corrected chi connectivity index (χ4v) is 1.50. The van der Waals surface area contributed by atoms with Crippen molar-refractivity contribution in [2.75, 3.05) is 6.54 Å². The molecular weight excluding hydrogens is 138 g/mol. The largest absolute Gasteiger partial charge is 0.355 e. The number of hydrogen-bond donors (Lipinski definition) is 3. The van der Waals surface area contributed by atoms with E-state index in [1.165, 1.54) is 12.8 Å². The summed E-state index contributed by atoms with van der Waals surface area (Å²) in [4.78, 5) is 0. The normalized spacial score (nSPS) is 26.0. The van der Waals surface area contributed by atoms with Gasteiger partial charge in [0.15, 0.2) is 5.96 Å². The second kappa shape index (κ2) is 3.60. The fourth-order valence-electron chi connectivity index (χ4n) is 1.50. The highest BCUT2D eigenvalue weighted by Crippen LogP contribution is 2.11. The SMILES string of the molecule is CCCC(C)C1CNC(=N)N1. The van der Waals surface area contributed by atoms with E-state index in [1.54, 1.807) is 0 Å². The summed E-state index contributed by atoms with van der Waals surface area (Å²) < 4.78 is 0. The molecule has 0 aromatic carbocycles. The predicted octanol–water partition coefficient (Wildman–Crippen LogP) is 0.919. The zero-order valence-electron chi connectivity index (χ0n) is 7.28. The number of nitrogens with one attached hydrogen (secondary N) is 3. The molecule has 0 spiro atoms. The van der Waals surface area contributed by atoms with Crippen molar-refractivity contribution in [3.63, 3.8) is 0 Å². The van der Waals surface area contributed by atoms with Gasteiger partial charge in [-0.05, 0) is 12.3 Å². The van der Waals surface area contributed by atoms with Crippen molar-refractivity contribution in [2.24, 2.45) is 5.92 Å². The molecule has 1 aliphatic heterocycles. The summed E-state index contributed by atoms with van der Waals surface area (Å²) in [6.45, 7) is 5.35. The van der Waals surface area contributed by atoms with E-state index < -0.39 is 0 Å². The fraction of sp³-hybridized carbons (Fsp3) is 0.875. The first kappa shape index (κ1) is 8.37. The lowest BCUT2D eigenvalue weighted by molar-refractivity contribution is 0.415. The van der Waals surface area contributed by atoms with Gasteiger partial charge in [0.1, 0.15) is 0 Å². The lowest BCUT2D eigenvalue weighted by Gasteiger charge is -2.16. The smallest absolute Gasteiger partial charge is 0.188 e. The van der Waals surface area contributed by atoms with Crippen LogP contribution < -0.4 is 10.6 Å². The first-order valence-corrected chi connectivity index (χ1v) is 4.33. The molecule has 0 aromatic heterocycles. The van der Waals surface area contributed by atoms with Crippen molar-refractivity contribution < 1.29 is 0 Å². The quantitative estimate of drug-likeness (QED) is 0.567. The van der Waals surface area contributed by atoms with E-state index in [2.05, 4.69) is 24.5 Å². The minimum atomic E-state index is 0.474. The molecule has 3 N–H and O–H groups in total. The molecule has 2 atom stereocenters. The first-order chi connectivity index (χ1) is 5.24. The molecule has 3 heteroatoms. The Balaban J connectivity index is 2.30. The third-order valence-electron chi connectivity index (χ3n) is 2.26. The van der Waals surface area contributed by atoms with Gasteiger partial charge in [-0.3, -0.25) is 5.41 Å². The minimum Gasteiger partial charge on any atom is -0.355 e. The molecule has 0 aromatic rings. The molecule has 1 fully saturated rings. The molecule has 1 rings (SSSR count). The van der Waals surface area contributed by atoms with E-state index in [1.807, 2.05) is 0 Å². The van der Waals surface area contributed by atoms with E-state index in [-0.39, 0.29) is 0 Å². The molecule has 2 unspecified atom stereocenters. The van der Waals surface area contributed by atoms with Gasteiger partial charge in [-0.15, -0.1) is 0 Å². The van der Waals surface area contributed by atoms with Gasteiger partial charge in [0.05, 0.1) is 0 Å². The van der Waals surface area contributed by atoms with Crippen molar-refractivity contribution in [3.8, 4) is 0 Å². The summed E-state index contributed by atoms with van der Waals surface area (Å²) >= 11 is 0. The summed E-state index contributed by atoms with van der Waals surface area (Å²) in [7, 11) is 0. The van der Waals surface area contributed by atoms with Crippen LogP contribution in [0.15, 0.2) is 0 Å². The Hall–Kier alpha value is -0.730. The summed E-state index contributed by atoms with van der Waals surface area (Å²) in [5, 5.41) is 13.4. The van der Waals surface area contributed by atoms with E-state index >= 15 is 0 Å². The van der Waals surface area contributed by atoms with Crippen LogP contribution >= 0.6 is 0 Å². The number of guanidine groups is 1. The highest BCUT2D eigenvalue weighted by molar-refractivity contribution is 5.78. The van der Waals surface area contributed by atoms with Crippen LogP contribution in [0.5, 0.6) is 0 Å². The minimum absolute atomic E-state index is 0.474. The van der Waals surface area contributed by atoms with Crippen LogP contribution in [0, 0.1) is 11.3 Å². The molecular formula is C8H17N3. The van der Waals surface area contributed by atoms with E-state index in [0.717, 1.165) is 6.54 Å². The Morgan fingerprint density at radius 2 is 2.45 bits per heavy atom. The monoisotopic (exact) mass is 155 g/mol. The van der Waals surface area contributed by atoms with E-state index in [9.17, 15) is 0 Å². The molecule has 1 aliphatic rings. The van der Waals surface area contributed by atoms with Gasteiger partial charge in [0.2, 0.25) is 0 Å². The van der Waals surface area contributed by atoms with Gasteiger partial charge in [-0.2, -0.15) is 0 Å². The first-order valence-electron chi connectivity index (χ1n) is 4.33. The summed E-state index contributed by atoms with van der Waals surface area (Å²) in [6, 6.07) is 0.474. The van der Waals surface area contributed by atoms with Crippen LogP contribution in [0.1, 0.15) is 26.7 Å². The van der Waals surface area contributed by atoms with Crippen molar-refractivity contribution in [1.82, 2.24) is 10.6 Å². The van der Waals surface area contributed by atoms with Gasteiger partial charge < -0.3 is 10.6 Å². The summed E-state index contributed by atoms with van der Waals surface area (Å²) in [6.07, 6.45) is 2.47. The highest BCUT2D eigenvalue weighted by Gasteiger charge is 2.22. The average Bonchev–Trinajstić information content (AvgIpc) is 2.36. The maximum absolute atomic E-state index is 7.28. The van der Waals surface area contributed by atoms with Gasteiger partial charge in [-0.25, -0.2) is 0 Å². The molecule has 0 bridgehead atoms. The van der Waals surface area contributed by atoms with Crippen LogP contribution in [0.4, 0.5) is 0 Å². The molecule has 64 valence electrons. The van der Waals surface area contributed by atoms with Gasteiger partial charge in [0, 0.05) is 12.6 Å². The maximum Gasteiger partial charge on any atom is 0.188 e. The predicted molar refractivity (Wildman–Crippen MR) is 46.7 cm³/mol. The van der Waals surface area contributed by atoms with Crippen LogP contribution in [0.2, 0.25) is 0 Å². The molecule has 0 aliphatic carbocycles. The van der Waals surface area contributed by atoms with Crippen LogP contribution in [-0.2, 0) is 0 Å². The zero-order chi connectivity index (χ0) is 8.27. The zero-order valence-corrected chi connectivity index (χ0v) is 7.28. The van der Waals surface area contributed by atoms with Crippen LogP contribution in [0.25, 0.3) is 0 Å². The standard InChI is InChI=1S/C8H17N3/c1-3-4-6(2)7-5-10-8(9)11-7/h6-7H,3-5H2,1-2H3,(H3,9,10,11). The average molecular weight is 155 g/mol. The highest BCUT2D eigenvalue weighted by atomic mass is 15.2. The molecule has 1 heterocycles. The lowest BCUT2D eigenvalue weighted by Crippen LogP contribution is -2.32. The molecule has 0 saturated carbocycles. The second-order valence-electron chi connectivity index (χ2n) is 3.27. The van der Waals surface area contributed by atoms with E-state index in [0.29, 0.717) is 17.9 Å². The van der Waals surface area contributed by atoms with Crippen molar-refractivity contribution in [2.45, 2.75) is 32.7 Å². The van der Waals surface area contributed by atoms with Crippen molar-refractivity contribution in [3.05, 3.63) is 0 Å². The van der Waals surface area contributed by atoms with Crippen molar-refractivity contribution in [1.29, 1.82) is 5.41 Å². The Labute approximate surface area is 68.1 Å². The maximum atomic E-state index is 7.28. The van der Waals surface area contributed by atoms with Crippen LogP contribution in [-0.4, -0.2) is 18.5 Å². The lowest BCUT2D eigenvalue weighted by atomic mass is 9.98. The Morgan fingerprint density at radius 3 is 2.91 bits per heavy atom.